The van der Waals surface area contributed by atoms with Crippen LogP contribution in [0.2, 0.25) is 0 Å². The summed E-state index contributed by atoms with van der Waals surface area (Å²) in [5, 5.41) is 3.20. The van der Waals surface area contributed by atoms with Crippen LogP contribution in [0.5, 0.6) is 5.75 Å². The molecule has 1 atom stereocenters. The Morgan fingerprint density at radius 3 is 2.63 bits per heavy atom. The monoisotopic (exact) mass is 395 g/mol. The van der Waals surface area contributed by atoms with Gasteiger partial charge >= 0.3 is 5.97 Å². The molecule has 0 aliphatic carbocycles. The zero-order chi connectivity index (χ0) is 13.1. The van der Waals surface area contributed by atoms with E-state index in [0.29, 0.717) is 5.75 Å². The Kier molecular flexibility index (Phi) is 6.44. The second-order valence-electron chi connectivity index (χ2n) is 3.99. The molecule has 3 nitrogen and oxygen atoms in total. The van der Waals surface area contributed by atoms with E-state index in [0.717, 1.165) is 23.4 Å². The second kappa shape index (κ2) is 7.37. The molecule has 1 heterocycles. The second-order valence-corrected chi connectivity index (χ2v) is 5.10. The fourth-order valence-corrected chi connectivity index (χ4v) is 1.90. The molecule has 1 unspecified atom stereocenters. The number of carbonyl (C=O) groups excluding carboxylic acids is 1. The predicted octanol–water partition coefficient (Wildman–Crippen LogP) is 3.02. The number of allylic oxidation sites excluding steroid dienone is 2. The molecule has 0 saturated heterocycles. The summed E-state index contributed by atoms with van der Waals surface area (Å²) < 4.78 is 4.98. The number of ether oxygens (including phenoxy) is 1. The van der Waals surface area contributed by atoms with Gasteiger partial charge in [0.2, 0.25) is 0 Å². The Labute approximate surface area is 146 Å². The van der Waals surface area contributed by atoms with E-state index in [1.54, 1.807) is 12.1 Å². The number of hydrogen-bond donors (Lipinski definition) is 1. The van der Waals surface area contributed by atoms with Gasteiger partial charge in [-0.2, -0.15) is 5.56 Å². The summed E-state index contributed by atoms with van der Waals surface area (Å²) in [7, 11) is 0. The van der Waals surface area contributed by atoms with E-state index in [4.69, 9.17) is 4.74 Å². The summed E-state index contributed by atoms with van der Waals surface area (Å²) in [5.41, 5.74) is 2.82. The molecule has 1 aromatic carbocycles. The van der Waals surface area contributed by atoms with Gasteiger partial charge < -0.3 is 10.1 Å². The smallest absolute Gasteiger partial charge is 0.308 e. The van der Waals surface area contributed by atoms with Crippen LogP contribution in [0.4, 0.5) is 0 Å². The zero-order valence-corrected chi connectivity index (χ0v) is 15.0. The van der Waals surface area contributed by atoms with Gasteiger partial charge in [0, 0.05) is 50.2 Å². The molecule has 1 aromatic rings. The summed E-state index contributed by atoms with van der Waals surface area (Å²) >= 11 is 3.50. The minimum atomic E-state index is -0.320. The van der Waals surface area contributed by atoms with Crippen molar-refractivity contribution in [2.45, 2.75) is 18.2 Å². The molecular formula is C14H13BrNO2Y-. The number of carbonyl (C=O) groups is 1. The topological polar surface area (TPSA) is 38.3 Å². The standard InChI is InChI=1S/C14H13BrNO2.Y/c1-9-13(15)7-8-14(16-9)11-3-5-12(6-4-11)18-10(2)17;/h3-6,13,16H,1,7H2,2H3;/q-1;. The minimum Gasteiger partial charge on any atom is -0.427 e. The number of esters is 1. The van der Waals surface area contributed by atoms with Crippen LogP contribution in [-0.2, 0) is 37.5 Å². The molecule has 0 bridgehead atoms. The van der Waals surface area contributed by atoms with Gasteiger partial charge in [-0.3, -0.25) is 4.79 Å². The van der Waals surface area contributed by atoms with Crippen molar-refractivity contribution in [1.82, 2.24) is 5.32 Å². The third kappa shape index (κ3) is 4.55. The molecule has 97 valence electrons. The first-order valence-electron chi connectivity index (χ1n) is 5.56. The molecule has 0 aromatic heterocycles. The van der Waals surface area contributed by atoms with Gasteiger partial charge in [-0.1, -0.05) is 28.9 Å². The summed E-state index contributed by atoms with van der Waals surface area (Å²) in [5.74, 6) is 0.222. The van der Waals surface area contributed by atoms with Crippen molar-refractivity contribution in [3.8, 4) is 5.75 Å². The van der Waals surface area contributed by atoms with E-state index in [-0.39, 0.29) is 43.5 Å². The first-order chi connectivity index (χ1) is 8.56. The van der Waals surface area contributed by atoms with Crippen molar-refractivity contribution < 1.29 is 42.2 Å². The Morgan fingerprint density at radius 2 is 2.11 bits per heavy atom. The van der Waals surface area contributed by atoms with E-state index in [9.17, 15) is 4.79 Å². The van der Waals surface area contributed by atoms with Crippen molar-refractivity contribution in [1.29, 1.82) is 0 Å². The van der Waals surface area contributed by atoms with E-state index >= 15 is 0 Å². The maximum absolute atomic E-state index is 10.8. The van der Waals surface area contributed by atoms with Crippen molar-refractivity contribution in [3.63, 3.8) is 0 Å². The summed E-state index contributed by atoms with van der Waals surface area (Å²) in [6, 6.07) is 7.29. The molecule has 0 spiro atoms. The number of halogens is 1. The Morgan fingerprint density at radius 1 is 1.47 bits per heavy atom. The van der Waals surface area contributed by atoms with Gasteiger partial charge in [0.1, 0.15) is 5.75 Å². The summed E-state index contributed by atoms with van der Waals surface area (Å²) in [6.07, 6.45) is 4.05. The predicted molar refractivity (Wildman–Crippen MR) is 74.0 cm³/mol. The molecule has 5 heteroatoms. The molecule has 1 radical (unpaired) electrons. The Bertz CT molecular complexity index is 511. The van der Waals surface area contributed by atoms with Crippen LogP contribution in [0.1, 0.15) is 18.9 Å². The molecule has 0 amide bonds. The molecule has 19 heavy (non-hydrogen) atoms. The maximum atomic E-state index is 10.8. The molecule has 1 aliphatic heterocycles. The first-order valence-corrected chi connectivity index (χ1v) is 6.47. The quantitative estimate of drug-likeness (QED) is 0.362. The van der Waals surface area contributed by atoms with Gasteiger partial charge in [-0.05, 0) is 12.1 Å². The molecule has 0 saturated carbocycles. The number of rotatable bonds is 2. The van der Waals surface area contributed by atoms with Crippen LogP contribution in [0.15, 0.2) is 36.5 Å². The van der Waals surface area contributed by atoms with Crippen LogP contribution in [0.3, 0.4) is 0 Å². The molecule has 1 N–H and O–H groups in total. The van der Waals surface area contributed by atoms with Gasteiger partial charge in [0.25, 0.3) is 0 Å². The fraction of sp³-hybridized carbons (Fsp3) is 0.214. The third-order valence-corrected chi connectivity index (χ3v) is 3.40. The summed E-state index contributed by atoms with van der Waals surface area (Å²) in [4.78, 5) is 11.0. The van der Waals surface area contributed by atoms with E-state index in [2.05, 4.69) is 33.9 Å². The van der Waals surface area contributed by atoms with Crippen molar-refractivity contribution in [2.24, 2.45) is 0 Å². The van der Waals surface area contributed by atoms with E-state index in [1.807, 2.05) is 12.1 Å². The van der Waals surface area contributed by atoms with E-state index in [1.165, 1.54) is 6.92 Å². The normalized spacial score (nSPS) is 17.9. The van der Waals surface area contributed by atoms with Crippen molar-refractivity contribution in [2.75, 3.05) is 0 Å². The van der Waals surface area contributed by atoms with E-state index < -0.39 is 0 Å². The number of nitrogens with one attached hydrogen (secondary N) is 1. The van der Waals surface area contributed by atoms with Gasteiger partial charge in [-0.25, -0.2) is 6.08 Å². The van der Waals surface area contributed by atoms with Crippen LogP contribution in [0, 0.1) is 6.08 Å². The molecule has 2 rings (SSSR count). The molecular weight excluding hydrogens is 383 g/mol. The van der Waals surface area contributed by atoms with Crippen LogP contribution < -0.4 is 10.1 Å². The largest absolute Gasteiger partial charge is 0.427 e. The Hall–Kier alpha value is -0.446. The van der Waals surface area contributed by atoms with Crippen molar-refractivity contribution >= 4 is 27.6 Å². The van der Waals surface area contributed by atoms with Crippen LogP contribution in [-0.4, -0.2) is 10.8 Å². The SMILES string of the molecule is C=C1NC(c2ccc(OC(C)=O)cc2)=[C-]CC1Br.[Y]. The minimum absolute atomic E-state index is 0. The Balaban J connectivity index is 0.00000180. The van der Waals surface area contributed by atoms with Crippen LogP contribution in [0.25, 0.3) is 5.70 Å². The summed E-state index contributed by atoms with van der Waals surface area (Å²) in [6.45, 7) is 5.32. The van der Waals surface area contributed by atoms with Gasteiger partial charge in [-0.15, -0.1) is 17.8 Å². The number of alkyl halides is 1. The maximum Gasteiger partial charge on any atom is 0.308 e. The average molecular weight is 396 g/mol. The number of benzene rings is 1. The fourth-order valence-electron chi connectivity index (χ4n) is 1.63. The number of hydrogen-bond acceptors (Lipinski definition) is 3. The first kappa shape index (κ1) is 16.6. The third-order valence-electron chi connectivity index (χ3n) is 2.53. The zero-order valence-electron chi connectivity index (χ0n) is 10.6. The average Bonchev–Trinajstić information content (AvgIpc) is 2.33. The van der Waals surface area contributed by atoms with Crippen LogP contribution >= 0.6 is 15.9 Å². The van der Waals surface area contributed by atoms with Gasteiger partial charge in [0.05, 0.1) is 0 Å². The van der Waals surface area contributed by atoms with Gasteiger partial charge in [0.15, 0.2) is 0 Å². The van der Waals surface area contributed by atoms with Crippen molar-refractivity contribution in [3.05, 3.63) is 48.2 Å². The molecule has 0 fully saturated rings. The molecule has 1 aliphatic rings.